The van der Waals surface area contributed by atoms with Gasteiger partial charge in [-0.15, -0.1) is 0 Å². The third-order valence-electron chi connectivity index (χ3n) is 2.96. The fourth-order valence-corrected chi connectivity index (χ4v) is 1.75. The summed E-state index contributed by atoms with van der Waals surface area (Å²) in [7, 11) is 1.83. The van der Waals surface area contributed by atoms with E-state index in [0.29, 0.717) is 6.54 Å². The molecule has 1 aromatic rings. The first-order valence-corrected chi connectivity index (χ1v) is 6.43. The molecule has 0 spiro atoms. The molecular formula is C14H23N3O. The first-order chi connectivity index (χ1) is 8.58. The number of rotatable bonds is 6. The van der Waals surface area contributed by atoms with E-state index in [-0.39, 0.29) is 5.91 Å². The van der Waals surface area contributed by atoms with Gasteiger partial charge in [-0.1, -0.05) is 13.0 Å². The van der Waals surface area contributed by atoms with Gasteiger partial charge in [-0.25, -0.2) is 0 Å². The highest BCUT2D eigenvalue weighted by Gasteiger charge is 2.13. The lowest BCUT2D eigenvalue weighted by Crippen LogP contribution is -2.38. The van der Waals surface area contributed by atoms with Crippen LogP contribution in [-0.2, 0) is 4.79 Å². The Bertz CT molecular complexity index is 392. The number of hydrogen-bond donors (Lipinski definition) is 1. The zero-order valence-corrected chi connectivity index (χ0v) is 11.5. The van der Waals surface area contributed by atoms with Crippen LogP contribution >= 0.6 is 0 Å². The average Bonchev–Trinajstić information content (AvgIpc) is 2.37. The molecule has 0 bridgehead atoms. The van der Waals surface area contributed by atoms with Gasteiger partial charge in [0.2, 0.25) is 5.91 Å². The summed E-state index contributed by atoms with van der Waals surface area (Å²) in [6, 6.07) is 7.68. The number of nitrogens with zero attached hydrogens (tertiary/aromatic N) is 2. The standard InChI is InChI=1S/C14H23N3O/c1-4-9-17(11-14(18)16(3)5-2)13-8-6-7-12(15)10-13/h6-8,10H,4-5,9,11,15H2,1-3H3. The number of benzene rings is 1. The highest BCUT2D eigenvalue weighted by molar-refractivity contribution is 5.81. The number of amides is 1. The second-order valence-electron chi connectivity index (χ2n) is 4.42. The summed E-state index contributed by atoms with van der Waals surface area (Å²) in [6.45, 7) is 6.07. The van der Waals surface area contributed by atoms with Crippen LogP contribution in [0.15, 0.2) is 24.3 Å². The molecule has 0 aliphatic heterocycles. The topological polar surface area (TPSA) is 49.6 Å². The van der Waals surface area contributed by atoms with Gasteiger partial charge in [0.05, 0.1) is 6.54 Å². The van der Waals surface area contributed by atoms with Crippen molar-refractivity contribution in [3.05, 3.63) is 24.3 Å². The molecule has 2 N–H and O–H groups in total. The van der Waals surface area contributed by atoms with Crippen molar-refractivity contribution in [3.8, 4) is 0 Å². The molecule has 1 amide bonds. The van der Waals surface area contributed by atoms with Crippen molar-refractivity contribution in [1.29, 1.82) is 0 Å². The Morgan fingerprint density at radius 3 is 2.61 bits per heavy atom. The second kappa shape index (κ2) is 6.89. The smallest absolute Gasteiger partial charge is 0.241 e. The molecule has 0 heterocycles. The molecule has 0 aromatic heterocycles. The van der Waals surface area contributed by atoms with Gasteiger partial charge in [0.15, 0.2) is 0 Å². The van der Waals surface area contributed by atoms with E-state index in [2.05, 4.69) is 11.8 Å². The molecule has 0 fully saturated rings. The average molecular weight is 249 g/mol. The largest absolute Gasteiger partial charge is 0.399 e. The van der Waals surface area contributed by atoms with Gasteiger partial charge in [-0.2, -0.15) is 0 Å². The molecular weight excluding hydrogens is 226 g/mol. The lowest BCUT2D eigenvalue weighted by Gasteiger charge is -2.26. The van der Waals surface area contributed by atoms with Crippen LogP contribution in [0.2, 0.25) is 0 Å². The van der Waals surface area contributed by atoms with Crippen LogP contribution in [0.3, 0.4) is 0 Å². The van der Waals surface area contributed by atoms with Crippen molar-refractivity contribution in [2.45, 2.75) is 20.3 Å². The third-order valence-corrected chi connectivity index (χ3v) is 2.96. The number of anilines is 2. The molecule has 0 saturated carbocycles. The van der Waals surface area contributed by atoms with Gasteiger partial charge in [0, 0.05) is 31.5 Å². The summed E-state index contributed by atoms with van der Waals surface area (Å²) in [6.07, 6.45) is 0.998. The number of nitrogens with two attached hydrogens (primary N) is 1. The van der Waals surface area contributed by atoms with Crippen molar-refractivity contribution in [2.24, 2.45) is 0 Å². The van der Waals surface area contributed by atoms with Gasteiger partial charge < -0.3 is 15.5 Å². The predicted octanol–water partition coefficient (Wildman–Crippen LogP) is 1.96. The van der Waals surface area contributed by atoms with E-state index in [1.54, 1.807) is 4.90 Å². The predicted molar refractivity (Wildman–Crippen MR) is 76.7 cm³/mol. The van der Waals surface area contributed by atoms with Crippen molar-refractivity contribution in [2.75, 3.05) is 37.3 Å². The molecule has 0 saturated heterocycles. The molecule has 100 valence electrons. The van der Waals surface area contributed by atoms with Crippen molar-refractivity contribution in [1.82, 2.24) is 4.90 Å². The minimum atomic E-state index is 0.133. The first-order valence-electron chi connectivity index (χ1n) is 6.43. The van der Waals surface area contributed by atoms with E-state index >= 15 is 0 Å². The summed E-state index contributed by atoms with van der Waals surface area (Å²) in [5.41, 5.74) is 7.52. The van der Waals surface area contributed by atoms with E-state index in [4.69, 9.17) is 5.73 Å². The number of carbonyl (C=O) groups excluding carboxylic acids is 1. The van der Waals surface area contributed by atoms with E-state index < -0.39 is 0 Å². The van der Waals surface area contributed by atoms with Crippen molar-refractivity contribution >= 4 is 17.3 Å². The van der Waals surface area contributed by atoms with Gasteiger partial charge in [0.1, 0.15) is 0 Å². The molecule has 4 nitrogen and oxygen atoms in total. The van der Waals surface area contributed by atoms with Crippen LogP contribution in [0.4, 0.5) is 11.4 Å². The molecule has 1 aromatic carbocycles. The second-order valence-corrected chi connectivity index (χ2v) is 4.42. The van der Waals surface area contributed by atoms with E-state index in [9.17, 15) is 4.79 Å². The van der Waals surface area contributed by atoms with Crippen LogP contribution in [-0.4, -0.2) is 37.5 Å². The number of likely N-dealkylation sites (N-methyl/N-ethyl adjacent to an activating group) is 1. The van der Waals surface area contributed by atoms with Crippen LogP contribution in [0, 0.1) is 0 Å². The van der Waals surface area contributed by atoms with E-state index in [1.807, 2.05) is 38.2 Å². The Hall–Kier alpha value is -1.71. The SMILES string of the molecule is CCCN(CC(=O)N(C)CC)c1cccc(N)c1. The molecule has 4 heteroatoms. The van der Waals surface area contributed by atoms with Crippen LogP contribution in [0.5, 0.6) is 0 Å². The highest BCUT2D eigenvalue weighted by Crippen LogP contribution is 2.17. The fourth-order valence-electron chi connectivity index (χ4n) is 1.75. The molecule has 0 aliphatic rings. The lowest BCUT2D eigenvalue weighted by atomic mass is 10.2. The molecule has 0 radical (unpaired) electrons. The molecule has 1 rings (SSSR count). The molecule has 0 unspecified atom stereocenters. The minimum Gasteiger partial charge on any atom is -0.399 e. The monoisotopic (exact) mass is 249 g/mol. The highest BCUT2D eigenvalue weighted by atomic mass is 16.2. The normalized spacial score (nSPS) is 10.2. The van der Waals surface area contributed by atoms with Crippen LogP contribution < -0.4 is 10.6 Å². The van der Waals surface area contributed by atoms with Gasteiger partial charge >= 0.3 is 0 Å². The summed E-state index contributed by atoms with van der Waals surface area (Å²) in [4.78, 5) is 15.8. The Balaban J connectivity index is 2.80. The van der Waals surface area contributed by atoms with Gasteiger partial charge in [-0.05, 0) is 31.5 Å². The zero-order chi connectivity index (χ0) is 13.5. The first kappa shape index (κ1) is 14.4. The molecule has 0 aliphatic carbocycles. The Kier molecular flexibility index (Phi) is 5.49. The Morgan fingerprint density at radius 1 is 1.33 bits per heavy atom. The van der Waals surface area contributed by atoms with Crippen molar-refractivity contribution < 1.29 is 4.79 Å². The van der Waals surface area contributed by atoms with Gasteiger partial charge in [0.25, 0.3) is 0 Å². The number of hydrogen-bond acceptors (Lipinski definition) is 3. The molecule has 0 atom stereocenters. The lowest BCUT2D eigenvalue weighted by molar-refractivity contribution is -0.128. The maximum absolute atomic E-state index is 12.0. The fraction of sp³-hybridized carbons (Fsp3) is 0.500. The Labute approximate surface area is 109 Å². The summed E-state index contributed by atoms with van der Waals surface area (Å²) in [5.74, 6) is 0.133. The van der Waals surface area contributed by atoms with Crippen LogP contribution in [0.25, 0.3) is 0 Å². The maximum atomic E-state index is 12.0. The summed E-state index contributed by atoms with van der Waals surface area (Å²) >= 11 is 0. The Morgan fingerprint density at radius 2 is 2.06 bits per heavy atom. The van der Waals surface area contributed by atoms with Crippen molar-refractivity contribution in [3.63, 3.8) is 0 Å². The summed E-state index contributed by atoms with van der Waals surface area (Å²) in [5, 5.41) is 0. The van der Waals surface area contributed by atoms with Crippen LogP contribution in [0.1, 0.15) is 20.3 Å². The maximum Gasteiger partial charge on any atom is 0.241 e. The summed E-state index contributed by atoms with van der Waals surface area (Å²) < 4.78 is 0. The quantitative estimate of drug-likeness (QED) is 0.784. The van der Waals surface area contributed by atoms with E-state index in [0.717, 1.165) is 30.9 Å². The van der Waals surface area contributed by atoms with Gasteiger partial charge in [-0.3, -0.25) is 4.79 Å². The number of carbonyl (C=O) groups is 1. The zero-order valence-electron chi connectivity index (χ0n) is 11.5. The third kappa shape index (κ3) is 3.95. The molecule has 18 heavy (non-hydrogen) atoms. The number of nitrogen functional groups attached to an aromatic ring is 1. The van der Waals surface area contributed by atoms with E-state index in [1.165, 1.54) is 0 Å². The minimum absolute atomic E-state index is 0.133.